The van der Waals surface area contributed by atoms with Gasteiger partial charge in [0.25, 0.3) is 5.91 Å². The monoisotopic (exact) mass is 432 g/mol. The third-order valence-electron chi connectivity index (χ3n) is 4.75. The molecule has 164 valence electrons. The maximum Gasteiger partial charge on any atom is 0.255 e. The number of para-hydroxylation sites is 2. The molecular formula is C25H24N2O5. The highest BCUT2D eigenvalue weighted by Gasteiger charge is 2.13. The van der Waals surface area contributed by atoms with Gasteiger partial charge in [-0.1, -0.05) is 30.3 Å². The highest BCUT2D eigenvalue weighted by molar-refractivity contribution is 6.09. The van der Waals surface area contributed by atoms with E-state index in [1.807, 2.05) is 0 Å². The fourth-order valence-corrected chi connectivity index (χ4v) is 3.06. The third kappa shape index (κ3) is 5.07. The van der Waals surface area contributed by atoms with E-state index < -0.39 is 0 Å². The molecule has 1 amide bonds. The number of nitrogen functional groups attached to an aromatic ring is 1. The van der Waals surface area contributed by atoms with Crippen molar-refractivity contribution in [3.05, 3.63) is 83.4 Å². The second-order valence-corrected chi connectivity index (χ2v) is 6.77. The van der Waals surface area contributed by atoms with Crippen LogP contribution in [0.4, 0.5) is 11.4 Å². The summed E-state index contributed by atoms with van der Waals surface area (Å²) >= 11 is 0. The molecule has 0 bridgehead atoms. The van der Waals surface area contributed by atoms with Gasteiger partial charge in [0.15, 0.2) is 17.3 Å². The molecule has 0 aliphatic carbocycles. The van der Waals surface area contributed by atoms with Crippen molar-refractivity contribution in [2.45, 2.75) is 0 Å². The summed E-state index contributed by atoms with van der Waals surface area (Å²) in [6, 6.07) is 16.9. The predicted octanol–water partition coefficient (Wildman–Crippen LogP) is 4.44. The van der Waals surface area contributed by atoms with Crippen LogP contribution in [0.5, 0.6) is 17.2 Å². The Balaban J connectivity index is 1.73. The largest absolute Gasteiger partial charge is 0.493 e. The predicted molar refractivity (Wildman–Crippen MR) is 125 cm³/mol. The number of ether oxygens (including phenoxy) is 3. The molecule has 3 rings (SSSR count). The van der Waals surface area contributed by atoms with Gasteiger partial charge in [0.1, 0.15) is 0 Å². The second kappa shape index (κ2) is 10.2. The van der Waals surface area contributed by atoms with Crippen molar-refractivity contribution in [2.75, 3.05) is 32.4 Å². The zero-order valence-corrected chi connectivity index (χ0v) is 18.0. The summed E-state index contributed by atoms with van der Waals surface area (Å²) in [5.41, 5.74) is 8.44. The highest BCUT2D eigenvalue weighted by atomic mass is 16.5. The normalized spacial score (nSPS) is 10.6. The molecule has 0 aliphatic heterocycles. The third-order valence-corrected chi connectivity index (χ3v) is 4.75. The van der Waals surface area contributed by atoms with Gasteiger partial charge < -0.3 is 25.3 Å². The SMILES string of the molecule is COc1cc(C=CC(=O)c2ccc(C(=O)Nc3ccccc3N)cc2)cc(OC)c1OC. The molecule has 0 aromatic heterocycles. The first kappa shape index (κ1) is 22.4. The maximum absolute atomic E-state index is 12.6. The van der Waals surface area contributed by atoms with Gasteiger partial charge in [-0.05, 0) is 48.0 Å². The summed E-state index contributed by atoms with van der Waals surface area (Å²) in [5, 5.41) is 2.76. The molecule has 0 saturated carbocycles. The second-order valence-electron chi connectivity index (χ2n) is 6.77. The lowest BCUT2D eigenvalue weighted by Crippen LogP contribution is -2.13. The number of allylic oxidation sites excluding steroid dienone is 1. The first-order chi connectivity index (χ1) is 15.5. The van der Waals surface area contributed by atoms with E-state index in [1.165, 1.54) is 27.4 Å². The molecule has 0 atom stereocenters. The molecule has 0 heterocycles. The Bertz CT molecular complexity index is 1130. The average Bonchev–Trinajstić information content (AvgIpc) is 2.83. The molecule has 7 nitrogen and oxygen atoms in total. The zero-order valence-electron chi connectivity index (χ0n) is 18.0. The number of rotatable bonds is 8. The van der Waals surface area contributed by atoms with Crippen molar-refractivity contribution in [3.8, 4) is 17.2 Å². The molecule has 3 aromatic carbocycles. The summed E-state index contributed by atoms with van der Waals surface area (Å²) in [6.07, 6.45) is 3.10. The van der Waals surface area contributed by atoms with Crippen molar-refractivity contribution in [1.82, 2.24) is 0 Å². The van der Waals surface area contributed by atoms with Gasteiger partial charge in [0.2, 0.25) is 5.75 Å². The van der Waals surface area contributed by atoms with Crippen LogP contribution < -0.4 is 25.3 Å². The quantitative estimate of drug-likeness (QED) is 0.310. The van der Waals surface area contributed by atoms with Crippen LogP contribution in [0.25, 0.3) is 6.08 Å². The number of hydrogen-bond donors (Lipinski definition) is 2. The Morgan fingerprint density at radius 1 is 0.844 bits per heavy atom. The molecular weight excluding hydrogens is 408 g/mol. The number of amides is 1. The van der Waals surface area contributed by atoms with Gasteiger partial charge >= 0.3 is 0 Å². The minimum atomic E-state index is -0.310. The summed E-state index contributed by atoms with van der Waals surface area (Å²) < 4.78 is 16.0. The van der Waals surface area contributed by atoms with E-state index in [-0.39, 0.29) is 11.7 Å². The summed E-state index contributed by atoms with van der Waals surface area (Å²) in [7, 11) is 4.58. The van der Waals surface area contributed by atoms with Gasteiger partial charge in [-0.2, -0.15) is 0 Å². The van der Waals surface area contributed by atoms with E-state index in [2.05, 4.69) is 5.32 Å². The Hall–Kier alpha value is -4.26. The molecule has 0 unspecified atom stereocenters. The molecule has 0 aliphatic rings. The lowest BCUT2D eigenvalue weighted by Gasteiger charge is -2.12. The molecule has 0 saturated heterocycles. The number of anilines is 2. The number of methoxy groups -OCH3 is 3. The smallest absolute Gasteiger partial charge is 0.255 e. The van der Waals surface area contributed by atoms with Crippen LogP contribution in [0.2, 0.25) is 0 Å². The van der Waals surface area contributed by atoms with Crippen molar-refractivity contribution in [3.63, 3.8) is 0 Å². The molecule has 0 radical (unpaired) electrons. The molecule has 3 aromatic rings. The maximum atomic E-state index is 12.6. The van der Waals surface area contributed by atoms with E-state index in [0.29, 0.717) is 45.3 Å². The number of benzene rings is 3. The number of carbonyl (C=O) groups excluding carboxylic acids is 2. The van der Waals surface area contributed by atoms with E-state index in [9.17, 15) is 9.59 Å². The van der Waals surface area contributed by atoms with Crippen LogP contribution in [0, 0.1) is 0 Å². The first-order valence-electron chi connectivity index (χ1n) is 9.75. The lowest BCUT2D eigenvalue weighted by atomic mass is 10.1. The molecule has 3 N–H and O–H groups in total. The van der Waals surface area contributed by atoms with Gasteiger partial charge in [-0.15, -0.1) is 0 Å². The fraction of sp³-hybridized carbons (Fsp3) is 0.120. The Morgan fingerprint density at radius 2 is 1.44 bits per heavy atom. The van der Waals surface area contributed by atoms with Gasteiger partial charge in [0, 0.05) is 11.1 Å². The lowest BCUT2D eigenvalue weighted by molar-refractivity contribution is 0.102. The van der Waals surface area contributed by atoms with Crippen molar-refractivity contribution in [2.24, 2.45) is 0 Å². The zero-order chi connectivity index (χ0) is 23.1. The molecule has 0 spiro atoms. The first-order valence-corrected chi connectivity index (χ1v) is 9.75. The van der Waals surface area contributed by atoms with Crippen LogP contribution in [0.15, 0.2) is 66.7 Å². The topological polar surface area (TPSA) is 99.9 Å². The van der Waals surface area contributed by atoms with Crippen LogP contribution in [-0.4, -0.2) is 33.0 Å². The summed E-state index contributed by atoms with van der Waals surface area (Å²) in [6.45, 7) is 0. The van der Waals surface area contributed by atoms with Crippen LogP contribution >= 0.6 is 0 Å². The summed E-state index contributed by atoms with van der Waals surface area (Å²) in [4.78, 5) is 25.0. The Kier molecular flexibility index (Phi) is 7.13. The molecule has 0 fully saturated rings. The fourth-order valence-electron chi connectivity index (χ4n) is 3.06. The van der Waals surface area contributed by atoms with Crippen LogP contribution in [0.3, 0.4) is 0 Å². The number of carbonyl (C=O) groups is 2. The van der Waals surface area contributed by atoms with Gasteiger partial charge in [-0.3, -0.25) is 9.59 Å². The van der Waals surface area contributed by atoms with Crippen LogP contribution in [0.1, 0.15) is 26.3 Å². The number of hydrogen-bond acceptors (Lipinski definition) is 6. The van der Waals surface area contributed by atoms with Gasteiger partial charge in [0.05, 0.1) is 32.7 Å². The number of nitrogens with two attached hydrogens (primary N) is 1. The van der Waals surface area contributed by atoms with E-state index in [0.717, 1.165) is 0 Å². The van der Waals surface area contributed by atoms with Crippen molar-refractivity contribution in [1.29, 1.82) is 0 Å². The van der Waals surface area contributed by atoms with Crippen molar-refractivity contribution >= 4 is 29.1 Å². The van der Waals surface area contributed by atoms with E-state index >= 15 is 0 Å². The van der Waals surface area contributed by atoms with Crippen LogP contribution in [-0.2, 0) is 0 Å². The minimum Gasteiger partial charge on any atom is -0.493 e. The highest BCUT2D eigenvalue weighted by Crippen LogP contribution is 2.38. The number of ketones is 1. The minimum absolute atomic E-state index is 0.210. The molecule has 32 heavy (non-hydrogen) atoms. The molecule has 7 heteroatoms. The van der Waals surface area contributed by atoms with E-state index in [1.54, 1.807) is 66.7 Å². The van der Waals surface area contributed by atoms with E-state index in [4.69, 9.17) is 19.9 Å². The Labute approximate surface area is 186 Å². The van der Waals surface area contributed by atoms with Crippen molar-refractivity contribution < 1.29 is 23.8 Å². The standard InChI is InChI=1S/C25H24N2O5/c1-30-22-14-16(15-23(31-2)24(22)32-3)8-13-21(28)17-9-11-18(12-10-17)25(29)27-20-7-5-4-6-19(20)26/h4-15H,26H2,1-3H3,(H,27,29). The average molecular weight is 432 g/mol. The Morgan fingerprint density at radius 3 is 2.00 bits per heavy atom. The number of nitrogens with one attached hydrogen (secondary N) is 1. The summed E-state index contributed by atoms with van der Waals surface area (Å²) in [5.74, 6) is 0.944. The van der Waals surface area contributed by atoms with Gasteiger partial charge in [-0.25, -0.2) is 0 Å².